The minimum Gasteiger partial charge on any atom is -0.325 e. The molecule has 1 heterocycles. The number of nitrogens with zero attached hydrogens (tertiary/aromatic N) is 3. The fraction of sp³-hybridized carbons (Fsp3) is 0.208. The van der Waals surface area contributed by atoms with E-state index in [0.29, 0.717) is 21.1 Å². The molecule has 4 rings (SSSR count). The summed E-state index contributed by atoms with van der Waals surface area (Å²) >= 11 is 4.76. The van der Waals surface area contributed by atoms with Crippen LogP contribution >= 0.6 is 27.7 Å². The number of sulfonamides is 1. The number of benzene rings is 3. The fourth-order valence-corrected chi connectivity index (χ4v) is 5.75. The SMILES string of the molecule is CCCc1ccc(-n2c(Br)nnc2SCC(=O)Nc2ccc(S(N)(=O)=O)cc2C)c2ccccc12. The number of nitrogens with one attached hydrogen (secondary N) is 1. The maximum atomic E-state index is 12.7. The molecule has 1 amide bonds. The normalized spacial score (nSPS) is 11.7. The first-order valence-electron chi connectivity index (χ1n) is 10.9. The van der Waals surface area contributed by atoms with Gasteiger partial charge >= 0.3 is 0 Å². The highest BCUT2D eigenvalue weighted by atomic mass is 79.9. The van der Waals surface area contributed by atoms with E-state index < -0.39 is 10.0 Å². The summed E-state index contributed by atoms with van der Waals surface area (Å²) < 4.78 is 25.5. The molecule has 0 aliphatic rings. The Bertz CT molecular complexity index is 1520. The molecular formula is C24H24BrN5O3S2. The lowest BCUT2D eigenvalue weighted by Gasteiger charge is -2.14. The average molecular weight is 575 g/mol. The summed E-state index contributed by atoms with van der Waals surface area (Å²) in [6.45, 7) is 3.87. The van der Waals surface area contributed by atoms with Crippen molar-refractivity contribution in [2.75, 3.05) is 11.1 Å². The second kappa shape index (κ2) is 10.5. The van der Waals surface area contributed by atoms with Gasteiger partial charge in [0, 0.05) is 11.1 Å². The number of aryl methyl sites for hydroxylation is 2. The number of nitrogens with two attached hydrogens (primary N) is 1. The Morgan fingerprint density at radius 3 is 2.54 bits per heavy atom. The molecule has 182 valence electrons. The van der Waals surface area contributed by atoms with E-state index in [-0.39, 0.29) is 16.6 Å². The van der Waals surface area contributed by atoms with Crippen molar-refractivity contribution in [1.82, 2.24) is 14.8 Å². The van der Waals surface area contributed by atoms with Gasteiger partial charge in [0.25, 0.3) is 0 Å². The number of thioether (sulfide) groups is 1. The minimum absolute atomic E-state index is 0.00231. The molecule has 0 saturated carbocycles. The summed E-state index contributed by atoms with van der Waals surface area (Å²) in [7, 11) is -3.81. The van der Waals surface area contributed by atoms with Gasteiger partial charge in [-0.2, -0.15) is 0 Å². The first kappa shape index (κ1) is 25.4. The standard InChI is InChI=1S/C24H24BrN5O3S2/c1-3-6-16-9-12-21(19-8-5-4-7-18(16)19)30-23(25)28-29-24(30)34-14-22(31)27-20-11-10-17(13-15(20)2)35(26,32)33/h4-5,7-13H,3,6,14H2,1-2H3,(H,27,31)(H2,26,32,33). The molecule has 0 atom stereocenters. The smallest absolute Gasteiger partial charge is 0.238 e. The van der Waals surface area contributed by atoms with Crippen LogP contribution in [0, 0.1) is 6.92 Å². The molecule has 0 radical (unpaired) electrons. The van der Waals surface area contributed by atoms with Crippen molar-refractivity contribution in [3.8, 4) is 5.69 Å². The number of rotatable bonds is 8. The van der Waals surface area contributed by atoms with Crippen molar-refractivity contribution in [3.63, 3.8) is 0 Å². The zero-order valence-corrected chi connectivity index (χ0v) is 22.4. The number of anilines is 1. The zero-order chi connectivity index (χ0) is 25.2. The molecule has 35 heavy (non-hydrogen) atoms. The van der Waals surface area contributed by atoms with E-state index in [2.05, 4.69) is 62.6 Å². The van der Waals surface area contributed by atoms with Gasteiger partial charge in [0.1, 0.15) is 0 Å². The number of primary sulfonamides is 1. The molecule has 1 aromatic heterocycles. The summed E-state index contributed by atoms with van der Waals surface area (Å²) in [5.74, 6) is -0.164. The van der Waals surface area contributed by atoms with Crippen LogP contribution in [0.3, 0.4) is 0 Å². The van der Waals surface area contributed by atoms with Gasteiger partial charge in [0.15, 0.2) is 5.16 Å². The first-order valence-corrected chi connectivity index (χ1v) is 14.2. The van der Waals surface area contributed by atoms with Crippen molar-refractivity contribution in [2.45, 2.75) is 36.7 Å². The van der Waals surface area contributed by atoms with Crippen LogP contribution in [-0.4, -0.2) is 34.8 Å². The number of halogens is 1. The lowest BCUT2D eigenvalue weighted by molar-refractivity contribution is -0.113. The highest BCUT2D eigenvalue weighted by Gasteiger charge is 2.18. The molecule has 0 fully saturated rings. The Morgan fingerprint density at radius 2 is 1.86 bits per heavy atom. The topological polar surface area (TPSA) is 120 Å². The third-order valence-electron chi connectivity index (χ3n) is 5.48. The molecule has 0 spiro atoms. The highest BCUT2D eigenvalue weighted by Crippen LogP contribution is 2.32. The van der Waals surface area contributed by atoms with Crippen molar-refractivity contribution in [3.05, 3.63) is 70.5 Å². The summed E-state index contributed by atoms with van der Waals surface area (Å²) in [5.41, 5.74) is 3.32. The van der Waals surface area contributed by atoms with Gasteiger partial charge in [-0.15, -0.1) is 10.2 Å². The van der Waals surface area contributed by atoms with Crippen molar-refractivity contribution in [1.29, 1.82) is 0 Å². The first-order chi connectivity index (χ1) is 16.7. The van der Waals surface area contributed by atoms with Crippen LogP contribution in [0.15, 0.2) is 69.4 Å². The van der Waals surface area contributed by atoms with E-state index >= 15 is 0 Å². The second-order valence-corrected chi connectivity index (χ2v) is 11.2. The molecule has 0 aliphatic heterocycles. The predicted octanol–water partition coefficient (Wildman–Crippen LogP) is 4.82. The number of aromatic nitrogens is 3. The largest absolute Gasteiger partial charge is 0.325 e. The van der Waals surface area contributed by atoms with E-state index in [0.717, 1.165) is 23.9 Å². The monoisotopic (exact) mass is 573 g/mol. The quantitative estimate of drug-likeness (QED) is 0.291. The molecular weight excluding hydrogens is 550 g/mol. The number of fused-ring (bicyclic) bond motifs is 1. The molecule has 0 saturated heterocycles. The van der Waals surface area contributed by atoms with Crippen LogP contribution in [0.2, 0.25) is 0 Å². The molecule has 4 aromatic rings. The Morgan fingerprint density at radius 1 is 1.11 bits per heavy atom. The third kappa shape index (κ3) is 5.58. The summed E-state index contributed by atoms with van der Waals surface area (Å²) in [6, 6.07) is 16.7. The van der Waals surface area contributed by atoms with Crippen LogP contribution < -0.4 is 10.5 Å². The average Bonchev–Trinajstić information content (AvgIpc) is 3.19. The van der Waals surface area contributed by atoms with Gasteiger partial charge in [-0.05, 0) is 70.1 Å². The predicted molar refractivity (Wildman–Crippen MR) is 142 cm³/mol. The highest BCUT2D eigenvalue weighted by molar-refractivity contribution is 9.10. The van der Waals surface area contributed by atoms with E-state index in [4.69, 9.17) is 5.14 Å². The van der Waals surface area contributed by atoms with Gasteiger partial charge in [0.2, 0.25) is 20.7 Å². The Kier molecular flexibility index (Phi) is 7.60. The van der Waals surface area contributed by atoms with E-state index in [1.807, 2.05) is 16.7 Å². The van der Waals surface area contributed by atoms with Crippen LogP contribution in [-0.2, 0) is 21.2 Å². The molecule has 11 heteroatoms. The van der Waals surface area contributed by atoms with Crippen LogP contribution in [0.25, 0.3) is 16.5 Å². The van der Waals surface area contributed by atoms with Crippen molar-refractivity contribution in [2.24, 2.45) is 5.14 Å². The molecule has 0 bridgehead atoms. The molecule has 0 unspecified atom stereocenters. The molecule has 3 N–H and O–H groups in total. The fourth-order valence-electron chi connectivity index (χ4n) is 3.85. The number of amides is 1. The van der Waals surface area contributed by atoms with Gasteiger partial charge in [-0.3, -0.25) is 9.36 Å². The minimum atomic E-state index is -3.81. The summed E-state index contributed by atoms with van der Waals surface area (Å²) in [6.07, 6.45) is 2.05. The Labute approximate surface area is 216 Å². The van der Waals surface area contributed by atoms with Crippen molar-refractivity contribution < 1.29 is 13.2 Å². The van der Waals surface area contributed by atoms with E-state index in [9.17, 15) is 13.2 Å². The zero-order valence-electron chi connectivity index (χ0n) is 19.2. The molecule has 0 aliphatic carbocycles. The van der Waals surface area contributed by atoms with Gasteiger partial charge in [-0.1, -0.05) is 55.4 Å². The lowest BCUT2D eigenvalue weighted by atomic mass is 10.00. The third-order valence-corrected chi connectivity index (χ3v) is 7.83. The number of hydrogen-bond acceptors (Lipinski definition) is 6. The van der Waals surface area contributed by atoms with E-state index in [1.165, 1.54) is 40.9 Å². The molecule has 8 nitrogen and oxygen atoms in total. The van der Waals surface area contributed by atoms with Crippen LogP contribution in [0.5, 0.6) is 0 Å². The Balaban J connectivity index is 1.56. The molecule has 3 aromatic carbocycles. The van der Waals surface area contributed by atoms with Gasteiger partial charge < -0.3 is 5.32 Å². The number of hydrogen-bond donors (Lipinski definition) is 2. The maximum absolute atomic E-state index is 12.7. The van der Waals surface area contributed by atoms with Gasteiger partial charge in [-0.25, -0.2) is 13.6 Å². The van der Waals surface area contributed by atoms with Crippen LogP contribution in [0.4, 0.5) is 5.69 Å². The Hall–Kier alpha value is -2.73. The lowest BCUT2D eigenvalue weighted by Crippen LogP contribution is -2.16. The van der Waals surface area contributed by atoms with Gasteiger partial charge in [0.05, 0.1) is 16.3 Å². The summed E-state index contributed by atoms with van der Waals surface area (Å²) in [5, 5.41) is 19.3. The summed E-state index contributed by atoms with van der Waals surface area (Å²) in [4.78, 5) is 12.7. The van der Waals surface area contributed by atoms with Crippen molar-refractivity contribution >= 4 is 60.1 Å². The van der Waals surface area contributed by atoms with Crippen LogP contribution in [0.1, 0.15) is 24.5 Å². The maximum Gasteiger partial charge on any atom is 0.238 e. The second-order valence-electron chi connectivity index (χ2n) is 7.98. The number of carbonyl (C=O) groups is 1. The number of carbonyl (C=O) groups excluding carboxylic acids is 1. The van der Waals surface area contributed by atoms with E-state index in [1.54, 1.807) is 6.92 Å².